The number of halogens is 1. The monoisotopic (exact) mass is 272 g/mol. The highest BCUT2D eigenvalue weighted by atomic mass is 79.9. The minimum absolute atomic E-state index is 0.331. The van der Waals surface area contributed by atoms with Gasteiger partial charge in [0.2, 0.25) is 0 Å². The van der Waals surface area contributed by atoms with Crippen molar-refractivity contribution in [1.29, 1.82) is 0 Å². The largest absolute Gasteiger partial charge is 0.491 e. The fraction of sp³-hybridized carbons (Fsp3) is 0.455. The molecule has 4 heteroatoms. The van der Waals surface area contributed by atoms with Crippen LogP contribution in [0.25, 0.3) is 0 Å². The topological polar surface area (TPSA) is 31.0 Å². The van der Waals surface area contributed by atoms with Crippen LogP contribution in [0.4, 0.5) is 0 Å². The summed E-state index contributed by atoms with van der Waals surface area (Å²) in [6, 6.07) is 7.75. The molecular weight excluding hydrogens is 260 g/mol. The maximum atomic E-state index is 5.48. The Morgan fingerprint density at radius 2 is 2.00 bits per heavy atom. The Labute approximate surface area is 97.5 Å². The lowest BCUT2D eigenvalue weighted by molar-refractivity contribution is 0.0878. The fourth-order valence-electron chi connectivity index (χ4n) is 1.13. The molecule has 1 aromatic carbocycles. The van der Waals surface area contributed by atoms with Crippen LogP contribution in [-0.4, -0.2) is 32.5 Å². The van der Waals surface area contributed by atoms with Gasteiger partial charge in [0.1, 0.15) is 18.5 Å². The first-order valence-electron chi connectivity index (χ1n) is 4.92. The van der Waals surface area contributed by atoms with Gasteiger partial charge in [0.15, 0.2) is 0 Å². The zero-order chi connectivity index (χ0) is 10.5. The van der Waals surface area contributed by atoms with E-state index >= 15 is 0 Å². The van der Waals surface area contributed by atoms with Crippen molar-refractivity contribution in [2.75, 3.05) is 26.4 Å². The third-order valence-corrected chi connectivity index (χ3v) is 2.54. The molecule has 0 saturated carbocycles. The van der Waals surface area contributed by atoms with Crippen molar-refractivity contribution in [3.63, 3.8) is 0 Å². The van der Waals surface area contributed by atoms with Gasteiger partial charge in [-0.2, -0.15) is 0 Å². The quantitative estimate of drug-likeness (QED) is 0.588. The summed E-state index contributed by atoms with van der Waals surface area (Å²) in [5.41, 5.74) is 0. The Hall–Kier alpha value is -0.580. The van der Waals surface area contributed by atoms with Crippen molar-refractivity contribution < 1.29 is 14.2 Å². The summed E-state index contributed by atoms with van der Waals surface area (Å²) >= 11 is 3.37. The maximum Gasteiger partial charge on any atom is 0.119 e. The first-order valence-corrected chi connectivity index (χ1v) is 5.71. The first kappa shape index (κ1) is 10.9. The van der Waals surface area contributed by atoms with Crippen LogP contribution in [0.1, 0.15) is 0 Å². The molecule has 1 heterocycles. The maximum absolute atomic E-state index is 5.48. The Morgan fingerprint density at radius 3 is 2.67 bits per heavy atom. The third-order valence-electron chi connectivity index (χ3n) is 2.02. The Kier molecular flexibility index (Phi) is 4.00. The highest BCUT2D eigenvalue weighted by molar-refractivity contribution is 9.10. The number of hydrogen-bond acceptors (Lipinski definition) is 3. The van der Waals surface area contributed by atoms with Crippen LogP contribution in [0.2, 0.25) is 0 Å². The second-order valence-electron chi connectivity index (χ2n) is 3.33. The number of rotatable bonds is 6. The van der Waals surface area contributed by atoms with Crippen LogP contribution in [0.15, 0.2) is 28.7 Å². The molecule has 2 rings (SSSR count). The van der Waals surface area contributed by atoms with Gasteiger partial charge >= 0.3 is 0 Å². The number of epoxide rings is 1. The molecule has 1 saturated heterocycles. The van der Waals surface area contributed by atoms with Crippen molar-refractivity contribution in [3.05, 3.63) is 28.7 Å². The molecule has 0 amide bonds. The number of benzene rings is 1. The standard InChI is InChI=1S/C11H13BrO3/c12-9-1-3-10(4-2-9)14-6-5-13-7-11-8-15-11/h1-4,11H,5-8H2/t11-/m0/s1. The van der Waals surface area contributed by atoms with E-state index < -0.39 is 0 Å². The molecule has 0 bridgehead atoms. The summed E-state index contributed by atoms with van der Waals surface area (Å²) in [7, 11) is 0. The molecule has 0 N–H and O–H groups in total. The van der Waals surface area contributed by atoms with Gasteiger partial charge in [0.05, 0.1) is 19.8 Å². The summed E-state index contributed by atoms with van der Waals surface area (Å²) in [5.74, 6) is 0.865. The third kappa shape index (κ3) is 4.20. The lowest BCUT2D eigenvalue weighted by atomic mass is 10.3. The van der Waals surface area contributed by atoms with Crippen molar-refractivity contribution in [1.82, 2.24) is 0 Å². The molecule has 0 radical (unpaired) electrons. The summed E-state index contributed by atoms with van der Waals surface area (Å²) in [5, 5.41) is 0. The van der Waals surface area contributed by atoms with Gasteiger partial charge in [0, 0.05) is 4.47 Å². The number of hydrogen-bond donors (Lipinski definition) is 0. The van der Waals surface area contributed by atoms with E-state index in [2.05, 4.69) is 15.9 Å². The molecule has 0 unspecified atom stereocenters. The van der Waals surface area contributed by atoms with E-state index in [0.29, 0.717) is 25.9 Å². The molecule has 0 aliphatic carbocycles. The average Bonchev–Trinajstić information content (AvgIpc) is 3.04. The molecule has 15 heavy (non-hydrogen) atoms. The first-order chi connectivity index (χ1) is 7.34. The lowest BCUT2D eigenvalue weighted by Crippen LogP contribution is -2.09. The van der Waals surface area contributed by atoms with E-state index in [1.807, 2.05) is 24.3 Å². The van der Waals surface area contributed by atoms with Gasteiger partial charge < -0.3 is 14.2 Å². The summed E-state index contributed by atoms with van der Waals surface area (Å²) in [6.45, 7) is 2.71. The summed E-state index contributed by atoms with van der Waals surface area (Å²) < 4.78 is 16.9. The number of ether oxygens (including phenoxy) is 3. The van der Waals surface area contributed by atoms with E-state index in [4.69, 9.17) is 14.2 Å². The van der Waals surface area contributed by atoms with Crippen LogP contribution in [0.3, 0.4) is 0 Å². The van der Waals surface area contributed by atoms with Gasteiger partial charge in [-0.3, -0.25) is 0 Å². The Bertz CT molecular complexity index is 295. The lowest BCUT2D eigenvalue weighted by Gasteiger charge is -2.06. The van der Waals surface area contributed by atoms with Crippen molar-refractivity contribution >= 4 is 15.9 Å². The van der Waals surface area contributed by atoms with Crippen LogP contribution >= 0.6 is 15.9 Å². The van der Waals surface area contributed by atoms with Gasteiger partial charge in [-0.1, -0.05) is 15.9 Å². The highest BCUT2D eigenvalue weighted by Crippen LogP contribution is 2.15. The van der Waals surface area contributed by atoms with Crippen LogP contribution < -0.4 is 4.74 Å². The summed E-state index contributed by atoms with van der Waals surface area (Å²) in [6.07, 6.45) is 0.331. The molecule has 1 aliphatic heterocycles. The average molecular weight is 273 g/mol. The van der Waals surface area contributed by atoms with Crippen molar-refractivity contribution in [3.8, 4) is 5.75 Å². The molecular formula is C11H13BrO3. The van der Waals surface area contributed by atoms with Crippen molar-refractivity contribution in [2.45, 2.75) is 6.10 Å². The van der Waals surface area contributed by atoms with Crippen LogP contribution in [0, 0.1) is 0 Å². The normalized spacial score (nSPS) is 18.9. The predicted octanol–water partition coefficient (Wildman–Crippen LogP) is 2.24. The molecule has 1 aliphatic rings. The molecule has 0 aromatic heterocycles. The fourth-order valence-corrected chi connectivity index (χ4v) is 1.39. The van der Waals surface area contributed by atoms with Crippen LogP contribution in [-0.2, 0) is 9.47 Å². The van der Waals surface area contributed by atoms with Crippen LogP contribution in [0.5, 0.6) is 5.75 Å². The van der Waals surface area contributed by atoms with E-state index in [9.17, 15) is 0 Å². The SMILES string of the molecule is Brc1ccc(OCCOC[C@H]2CO2)cc1. The van der Waals surface area contributed by atoms with Gasteiger partial charge in [-0.05, 0) is 24.3 Å². The van der Waals surface area contributed by atoms with Gasteiger partial charge in [0.25, 0.3) is 0 Å². The van der Waals surface area contributed by atoms with E-state index in [1.54, 1.807) is 0 Å². The molecule has 82 valence electrons. The molecule has 1 fully saturated rings. The zero-order valence-electron chi connectivity index (χ0n) is 8.32. The predicted molar refractivity (Wildman–Crippen MR) is 60.2 cm³/mol. The minimum Gasteiger partial charge on any atom is -0.491 e. The smallest absolute Gasteiger partial charge is 0.119 e. The van der Waals surface area contributed by atoms with E-state index in [0.717, 1.165) is 16.8 Å². The Morgan fingerprint density at radius 1 is 1.27 bits per heavy atom. The van der Waals surface area contributed by atoms with E-state index in [-0.39, 0.29) is 0 Å². The zero-order valence-corrected chi connectivity index (χ0v) is 9.90. The van der Waals surface area contributed by atoms with E-state index in [1.165, 1.54) is 0 Å². The van der Waals surface area contributed by atoms with Crippen molar-refractivity contribution in [2.24, 2.45) is 0 Å². The minimum atomic E-state index is 0.331. The van der Waals surface area contributed by atoms with Gasteiger partial charge in [-0.25, -0.2) is 0 Å². The Balaban J connectivity index is 1.58. The van der Waals surface area contributed by atoms with Gasteiger partial charge in [-0.15, -0.1) is 0 Å². The summed E-state index contributed by atoms with van der Waals surface area (Å²) in [4.78, 5) is 0. The molecule has 0 spiro atoms. The molecule has 3 nitrogen and oxygen atoms in total. The second kappa shape index (κ2) is 5.49. The highest BCUT2D eigenvalue weighted by Gasteiger charge is 2.21. The second-order valence-corrected chi connectivity index (χ2v) is 4.25. The molecule has 1 atom stereocenters. The molecule has 1 aromatic rings.